The molecule has 216 valence electrons. The number of methoxy groups -OCH3 is 1. The normalized spacial score (nSPS) is 15.3. The third-order valence-electron chi connectivity index (χ3n) is 7.27. The number of fused-ring (bicyclic) bond motifs is 2. The van der Waals surface area contributed by atoms with Crippen molar-refractivity contribution >= 4 is 22.4 Å². The Hall–Kier alpha value is -4.64. The Labute approximate surface area is 240 Å². The minimum absolute atomic E-state index is 0.135. The second-order valence-electron chi connectivity index (χ2n) is 10.2. The minimum atomic E-state index is -4.77. The first kappa shape index (κ1) is 27.5. The van der Waals surface area contributed by atoms with Crippen molar-refractivity contribution < 1.29 is 22.6 Å². The van der Waals surface area contributed by atoms with Crippen molar-refractivity contribution in [3.8, 4) is 28.7 Å². The summed E-state index contributed by atoms with van der Waals surface area (Å²) in [6.45, 7) is 1.92. The summed E-state index contributed by atoms with van der Waals surface area (Å²) in [5.41, 5.74) is 5.06. The van der Waals surface area contributed by atoms with Gasteiger partial charge in [-0.05, 0) is 93.6 Å². The number of halogens is 3. The summed E-state index contributed by atoms with van der Waals surface area (Å²) in [5, 5.41) is 4.20. The van der Waals surface area contributed by atoms with Gasteiger partial charge in [0, 0.05) is 11.9 Å². The Balaban J connectivity index is 1.55. The fourth-order valence-electron chi connectivity index (χ4n) is 5.24. The molecule has 1 aromatic heterocycles. The molecule has 0 bridgehead atoms. The van der Waals surface area contributed by atoms with E-state index in [4.69, 9.17) is 14.7 Å². The molecule has 42 heavy (non-hydrogen) atoms. The summed E-state index contributed by atoms with van der Waals surface area (Å²) in [5.74, 6) is 0.162. The van der Waals surface area contributed by atoms with Gasteiger partial charge in [0.05, 0.1) is 46.6 Å². The van der Waals surface area contributed by atoms with Crippen molar-refractivity contribution in [3.63, 3.8) is 0 Å². The monoisotopic (exact) mass is 574 g/mol. The van der Waals surface area contributed by atoms with Crippen LogP contribution in [0, 0.1) is 0 Å². The van der Waals surface area contributed by atoms with Crippen molar-refractivity contribution in [2.24, 2.45) is 4.99 Å². The van der Waals surface area contributed by atoms with Crippen molar-refractivity contribution in [1.82, 2.24) is 19.4 Å². The van der Waals surface area contributed by atoms with E-state index >= 15 is 0 Å². The number of ether oxygens (including phenoxy) is 2. The van der Waals surface area contributed by atoms with Crippen LogP contribution in [0.3, 0.4) is 0 Å². The van der Waals surface area contributed by atoms with E-state index in [1.165, 1.54) is 12.1 Å². The number of piperidine rings is 1. The van der Waals surface area contributed by atoms with Crippen LogP contribution >= 0.6 is 0 Å². The number of hydrogen-bond acceptors (Lipinski definition) is 7. The zero-order chi connectivity index (χ0) is 29.3. The lowest BCUT2D eigenvalue weighted by molar-refractivity contribution is -0.274. The first-order valence-electron chi connectivity index (χ1n) is 13.6. The maximum atomic E-state index is 12.8. The first-order valence-corrected chi connectivity index (χ1v) is 13.6. The van der Waals surface area contributed by atoms with Crippen molar-refractivity contribution in [1.29, 1.82) is 0 Å². The largest absolute Gasteiger partial charge is 0.573 e. The van der Waals surface area contributed by atoms with Crippen LogP contribution in [-0.2, 0) is 0 Å². The molecule has 11 heteroatoms. The summed E-state index contributed by atoms with van der Waals surface area (Å²) in [7, 11) is 3.68. The number of alkyl halides is 3. The number of rotatable bonds is 6. The quantitative estimate of drug-likeness (QED) is 0.245. The van der Waals surface area contributed by atoms with Gasteiger partial charge in [0.1, 0.15) is 11.4 Å². The molecular formula is C31H29F3N6O2. The molecule has 8 nitrogen and oxygen atoms in total. The van der Waals surface area contributed by atoms with Crippen LogP contribution in [0.1, 0.15) is 12.8 Å². The lowest BCUT2D eigenvalue weighted by Crippen LogP contribution is -2.33. The number of aromatic nitrogens is 3. The van der Waals surface area contributed by atoms with E-state index in [1.54, 1.807) is 25.4 Å². The molecule has 1 N–H and O–H groups in total. The Bertz CT molecular complexity index is 1750. The molecule has 1 saturated heterocycles. The molecule has 0 spiro atoms. The molecule has 0 radical (unpaired) electrons. The molecule has 0 unspecified atom stereocenters. The zero-order valence-corrected chi connectivity index (χ0v) is 23.1. The zero-order valence-electron chi connectivity index (χ0n) is 23.1. The summed E-state index contributed by atoms with van der Waals surface area (Å²) in [4.78, 5) is 16.7. The van der Waals surface area contributed by atoms with E-state index in [0.717, 1.165) is 53.7 Å². The Morgan fingerprint density at radius 2 is 1.71 bits per heavy atom. The van der Waals surface area contributed by atoms with E-state index < -0.39 is 6.36 Å². The predicted molar refractivity (Wildman–Crippen MR) is 155 cm³/mol. The second-order valence-corrected chi connectivity index (χ2v) is 10.2. The van der Waals surface area contributed by atoms with E-state index in [0.29, 0.717) is 22.9 Å². The average Bonchev–Trinajstić information content (AvgIpc) is 2.97. The van der Waals surface area contributed by atoms with Crippen LogP contribution in [0.25, 0.3) is 28.1 Å². The number of nitrogens with one attached hydrogen (secondary N) is 1. The Kier molecular flexibility index (Phi) is 7.42. The maximum absolute atomic E-state index is 12.8. The lowest BCUT2D eigenvalue weighted by atomic mass is 10.1. The molecule has 3 heterocycles. The van der Waals surface area contributed by atoms with Crippen molar-refractivity contribution in [2.45, 2.75) is 25.2 Å². The Morgan fingerprint density at radius 1 is 0.952 bits per heavy atom. The standard InChI is InChI=1S/C31H29F3N6O2/c1-39-16-13-20(14-17-39)36-26-19-29-27(18-25(26)38-24-7-5-15-35-30(24)41-2)37-23-6-3-4-8-28(23)40(29)21-9-11-22(12-10-21)42-31(32,33)34/h3-12,15,18-20,38H,13-14,16-17H2,1-2H3. The van der Waals surface area contributed by atoms with Gasteiger partial charge in [0.15, 0.2) is 0 Å². The number of para-hydroxylation sites is 2. The molecule has 0 amide bonds. The van der Waals surface area contributed by atoms with Crippen LogP contribution in [0.4, 0.5) is 24.5 Å². The number of hydrogen-bond donors (Lipinski definition) is 1. The molecule has 6 rings (SSSR count). The molecule has 0 saturated carbocycles. The second kappa shape index (κ2) is 11.3. The van der Waals surface area contributed by atoms with E-state index in [9.17, 15) is 13.2 Å². The highest BCUT2D eigenvalue weighted by atomic mass is 19.4. The van der Waals surface area contributed by atoms with Crippen molar-refractivity contribution in [2.75, 3.05) is 32.6 Å². The van der Waals surface area contributed by atoms with E-state index in [2.05, 4.69) is 27.0 Å². The summed E-state index contributed by atoms with van der Waals surface area (Å²) in [6, 6.07) is 21.2. The maximum Gasteiger partial charge on any atom is 0.573 e. The van der Waals surface area contributed by atoms with Crippen LogP contribution in [0.2, 0.25) is 0 Å². The van der Waals surface area contributed by atoms with Gasteiger partial charge in [-0.2, -0.15) is 0 Å². The molecule has 1 fully saturated rings. The number of benzene rings is 3. The number of nitrogens with zero attached hydrogens (tertiary/aromatic N) is 5. The van der Waals surface area contributed by atoms with Crippen LogP contribution in [0.5, 0.6) is 11.6 Å². The SMILES string of the molecule is COc1ncccc1Nc1cc2nc3ccccc3n(-c3ccc(OC(F)(F)F)cc3)c-2cc1=NC1CCN(C)CC1. The highest BCUT2D eigenvalue weighted by molar-refractivity contribution is 5.84. The summed E-state index contributed by atoms with van der Waals surface area (Å²) in [6.07, 6.45) is -1.24. The average molecular weight is 575 g/mol. The highest BCUT2D eigenvalue weighted by Gasteiger charge is 2.31. The topological polar surface area (TPSA) is 76.8 Å². The van der Waals surface area contributed by atoms with Crippen LogP contribution in [0.15, 0.2) is 84.0 Å². The van der Waals surface area contributed by atoms with E-state index in [1.807, 2.05) is 53.1 Å². The molecule has 2 aliphatic heterocycles. The summed E-state index contributed by atoms with van der Waals surface area (Å²) < 4.78 is 50.0. The predicted octanol–water partition coefficient (Wildman–Crippen LogP) is 6.17. The third kappa shape index (κ3) is 5.87. The minimum Gasteiger partial charge on any atom is -0.480 e. The van der Waals surface area contributed by atoms with Gasteiger partial charge in [0.2, 0.25) is 5.88 Å². The van der Waals surface area contributed by atoms with Crippen LogP contribution < -0.4 is 20.1 Å². The molecule has 1 aliphatic carbocycles. The van der Waals surface area contributed by atoms with Gasteiger partial charge in [0.25, 0.3) is 0 Å². The van der Waals surface area contributed by atoms with Crippen LogP contribution in [-0.4, -0.2) is 59.1 Å². The molecular weight excluding hydrogens is 545 g/mol. The highest BCUT2D eigenvalue weighted by Crippen LogP contribution is 2.33. The summed E-state index contributed by atoms with van der Waals surface area (Å²) >= 11 is 0. The Morgan fingerprint density at radius 3 is 2.45 bits per heavy atom. The number of pyridine rings is 1. The van der Waals surface area contributed by atoms with E-state index in [-0.39, 0.29) is 11.8 Å². The van der Waals surface area contributed by atoms with Gasteiger partial charge < -0.3 is 24.3 Å². The fraction of sp³-hybridized carbons (Fsp3) is 0.258. The van der Waals surface area contributed by atoms with Gasteiger partial charge in [-0.3, -0.25) is 4.99 Å². The van der Waals surface area contributed by atoms with Gasteiger partial charge >= 0.3 is 6.36 Å². The third-order valence-corrected chi connectivity index (χ3v) is 7.27. The first-order chi connectivity index (χ1) is 20.3. The molecule has 3 aliphatic rings. The molecule has 0 atom stereocenters. The molecule has 3 aromatic rings. The van der Waals surface area contributed by atoms with Gasteiger partial charge in [-0.25, -0.2) is 9.97 Å². The van der Waals surface area contributed by atoms with Gasteiger partial charge in [-0.15, -0.1) is 13.2 Å². The smallest absolute Gasteiger partial charge is 0.480 e. The van der Waals surface area contributed by atoms with Crippen molar-refractivity contribution in [3.05, 3.63) is 84.4 Å². The number of likely N-dealkylation sites (tertiary alicyclic amines) is 1. The molecule has 2 aromatic carbocycles. The van der Waals surface area contributed by atoms with Gasteiger partial charge in [-0.1, -0.05) is 12.1 Å². The lowest BCUT2D eigenvalue weighted by Gasteiger charge is -2.27. The number of anilines is 2. The fourth-order valence-corrected chi connectivity index (χ4v) is 5.24.